The summed E-state index contributed by atoms with van der Waals surface area (Å²) in [5.41, 5.74) is 6.94. The topological polar surface area (TPSA) is 47.1 Å². The highest BCUT2D eigenvalue weighted by atomic mass is 15.3. The smallest absolute Gasteiger partial charge is 0.0492 e. The molecule has 0 saturated heterocycles. The van der Waals surface area contributed by atoms with E-state index in [1.54, 1.807) is 0 Å². The molecule has 0 amide bonds. The van der Waals surface area contributed by atoms with Crippen LogP contribution in [0.1, 0.15) is 19.5 Å². The van der Waals surface area contributed by atoms with Crippen molar-refractivity contribution in [2.24, 2.45) is 18.7 Å². The fourth-order valence-corrected chi connectivity index (χ4v) is 1.81. The number of aromatic nitrogens is 2. The zero-order chi connectivity index (χ0) is 12.0. The Balaban J connectivity index is 2.37. The van der Waals surface area contributed by atoms with Crippen LogP contribution < -0.4 is 5.73 Å². The fraction of sp³-hybridized carbons (Fsp3) is 0.750. The van der Waals surface area contributed by atoms with Gasteiger partial charge in [0.1, 0.15) is 0 Å². The highest BCUT2D eigenvalue weighted by Crippen LogP contribution is 2.02. The minimum atomic E-state index is 0.575. The monoisotopic (exact) mass is 224 g/mol. The zero-order valence-corrected chi connectivity index (χ0v) is 10.7. The molecule has 0 fully saturated rings. The first-order valence-electron chi connectivity index (χ1n) is 6.06. The molecule has 0 aromatic carbocycles. The van der Waals surface area contributed by atoms with Crippen molar-refractivity contribution in [3.05, 3.63) is 18.0 Å². The van der Waals surface area contributed by atoms with Crippen molar-refractivity contribution in [1.82, 2.24) is 14.7 Å². The normalized spacial score (nSPS) is 13.3. The van der Waals surface area contributed by atoms with Crippen LogP contribution in [-0.4, -0.2) is 40.9 Å². The van der Waals surface area contributed by atoms with Crippen LogP contribution >= 0.6 is 0 Å². The van der Waals surface area contributed by atoms with Gasteiger partial charge in [0, 0.05) is 38.4 Å². The Morgan fingerprint density at radius 1 is 1.56 bits per heavy atom. The number of rotatable bonds is 7. The maximum absolute atomic E-state index is 5.65. The second kappa shape index (κ2) is 6.66. The van der Waals surface area contributed by atoms with Crippen molar-refractivity contribution in [2.75, 3.05) is 26.2 Å². The summed E-state index contributed by atoms with van der Waals surface area (Å²) in [6.07, 6.45) is 2.91. The van der Waals surface area contributed by atoms with E-state index in [4.69, 9.17) is 5.73 Å². The van der Waals surface area contributed by atoms with Crippen molar-refractivity contribution in [2.45, 2.75) is 20.3 Å². The summed E-state index contributed by atoms with van der Waals surface area (Å²) in [6, 6.07) is 2.08. The third-order valence-corrected chi connectivity index (χ3v) is 3.03. The average Bonchev–Trinajstić information content (AvgIpc) is 2.69. The van der Waals surface area contributed by atoms with Crippen molar-refractivity contribution < 1.29 is 0 Å². The van der Waals surface area contributed by atoms with Crippen molar-refractivity contribution in [1.29, 1.82) is 0 Å². The quantitative estimate of drug-likeness (QED) is 0.748. The van der Waals surface area contributed by atoms with E-state index in [0.29, 0.717) is 5.92 Å². The van der Waals surface area contributed by atoms with Gasteiger partial charge in [-0.15, -0.1) is 0 Å². The van der Waals surface area contributed by atoms with Gasteiger partial charge in [-0.05, 0) is 25.1 Å². The highest BCUT2D eigenvalue weighted by Gasteiger charge is 2.08. The number of hydrogen-bond donors (Lipinski definition) is 1. The average molecular weight is 224 g/mol. The molecule has 0 radical (unpaired) electrons. The summed E-state index contributed by atoms with van der Waals surface area (Å²) in [6.45, 7) is 8.43. The van der Waals surface area contributed by atoms with Gasteiger partial charge in [0.05, 0.1) is 0 Å². The van der Waals surface area contributed by atoms with E-state index in [1.807, 2.05) is 17.9 Å². The van der Waals surface area contributed by atoms with E-state index in [1.165, 1.54) is 5.69 Å². The van der Waals surface area contributed by atoms with E-state index in [2.05, 4.69) is 29.9 Å². The molecule has 0 bridgehead atoms. The molecule has 1 aromatic heterocycles. The molecule has 92 valence electrons. The number of likely N-dealkylation sites (N-methyl/N-ethyl adjacent to an activating group) is 1. The van der Waals surface area contributed by atoms with Crippen LogP contribution in [0.5, 0.6) is 0 Å². The Kier molecular flexibility index (Phi) is 5.49. The van der Waals surface area contributed by atoms with Gasteiger partial charge in [0.25, 0.3) is 0 Å². The van der Waals surface area contributed by atoms with E-state index in [9.17, 15) is 0 Å². The fourth-order valence-electron chi connectivity index (χ4n) is 1.81. The minimum absolute atomic E-state index is 0.575. The molecule has 0 aliphatic heterocycles. The first kappa shape index (κ1) is 13.2. The molecule has 0 aliphatic carbocycles. The van der Waals surface area contributed by atoms with Gasteiger partial charge in [-0.1, -0.05) is 13.8 Å². The zero-order valence-electron chi connectivity index (χ0n) is 10.7. The second-order valence-electron chi connectivity index (χ2n) is 4.43. The van der Waals surface area contributed by atoms with Gasteiger partial charge in [-0.3, -0.25) is 4.68 Å². The standard InChI is InChI=1S/C12H24N4/c1-4-16(10-11(2)9-13)8-6-12-5-7-14-15(12)3/h5,7,11H,4,6,8-10,13H2,1-3H3. The Labute approximate surface area is 98.4 Å². The number of aryl methyl sites for hydroxylation is 1. The Bertz CT molecular complexity index is 295. The molecule has 4 heteroatoms. The molecule has 0 aliphatic rings. The lowest BCUT2D eigenvalue weighted by molar-refractivity contribution is 0.252. The van der Waals surface area contributed by atoms with Gasteiger partial charge in [0.2, 0.25) is 0 Å². The van der Waals surface area contributed by atoms with Crippen LogP contribution in [0.4, 0.5) is 0 Å². The van der Waals surface area contributed by atoms with Crippen LogP contribution in [0.15, 0.2) is 12.3 Å². The Morgan fingerprint density at radius 2 is 2.31 bits per heavy atom. The summed E-state index contributed by atoms with van der Waals surface area (Å²) in [5, 5.41) is 4.18. The summed E-state index contributed by atoms with van der Waals surface area (Å²) in [4.78, 5) is 2.45. The Morgan fingerprint density at radius 3 is 2.81 bits per heavy atom. The molecule has 1 atom stereocenters. The molecule has 16 heavy (non-hydrogen) atoms. The molecule has 1 unspecified atom stereocenters. The first-order valence-corrected chi connectivity index (χ1v) is 6.06. The largest absolute Gasteiger partial charge is 0.330 e. The third kappa shape index (κ3) is 3.94. The maximum atomic E-state index is 5.65. The lowest BCUT2D eigenvalue weighted by Crippen LogP contribution is -2.33. The van der Waals surface area contributed by atoms with Crippen molar-refractivity contribution >= 4 is 0 Å². The minimum Gasteiger partial charge on any atom is -0.330 e. The maximum Gasteiger partial charge on any atom is 0.0492 e. The SMILES string of the molecule is CCN(CCc1ccnn1C)CC(C)CN. The molecule has 0 spiro atoms. The summed E-state index contributed by atoms with van der Waals surface area (Å²) in [7, 11) is 1.99. The first-order chi connectivity index (χ1) is 7.67. The predicted molar refractivity (Wildman–Crippen MR) is 67.2 cm³/mol. The van der Waals surface area contributed by atoms with Gasteiger partial charge in [-0.25, -0.2) is 0 Å². The van der Waals surface area contributed by atoms with E-state index >= 15 is 0 Å². The molecule has 1 heterocycles. The molecule has 1 rings (SSSR count). The molecule has 1 aromatic rings. The molecule has 0 saturated carbocycles. The molecular formula is C12H24N4. The van der Waals surface area contributed by atoms with Crippen LogP contribution in [0.25, 0.3) is 0 Å². The molecule has 4 nitrogen and oxygen atoms in total. The van der Waals surface area contributed by atoms with E-state index < -0.39 is 0 Å². The number of nitrogens with zero attached hydrogens (tertiary/aromatic N) is 3. The van der Waals surface area contributed by atoms with Crippen LogP contribution in [0.2, 0.25) is 0 Å². The van der Waals surface area contributed by atoms with Gasteiger partial charge in [0.15, 0.2) is 0 Å². The molecular weight excluding hydrogens is 200 g/mol. The summed E-state index contributed by atoms with van der Waals surface area (Å²) >= 11 is 0. The predicted octanol–water partition coefficient (Wildman–Crippen LogP) is 0.879. The number of hydrogen-bond acceptors (Lipinski definition) is 3. The van der Waals surface area contributed by atoms with Crippen molar-refractivity contribution in [3.8, 4) is 0 Å². The van der Waals surface area contributed by atoms with Crippen molar-refractivity contribution in [3.63, 3.8) is 0 Å². The van der Waals surface area contributed by atoms with Crippen LogP contribution in [-0.2, 0) is 13.5 Å². The lowest BCUT2D eigenvalue weighted by Gasteiger charge is -2.23. The Hall–Kier alpha value is -0.870. The van der Waals surface area contributed by atoms with E-state index in [-0.39, 0.29) is 0 Å². The van der Waals surface area contributed by atoms with Gasteiger partial charge < -0.3 is 10.6 Å². The van der Waals surface area contributed by atoms with E-state index in [0.717, 1.165) is 32.6 Å². The van der Waals surface area contributed by atoms with Crippen LogP contribution in [0.3, 0.4) is 0 Å². The lowest BCUT2D eigenvalue weighted by atomic mass is 10.1. The summed E-state index contributed by atoms with van der Waals surface area (Å²) in [5.74, 6) is 0.575. The third-order valence-electron chi connectivity index (χ3n) is 3.03. The van der Waals surface area contributed by atoms with Gasteiger partial charge in [-0.2, -0.15) is 5.10 Å². The second-order valence-corrected chi connectivity index (χ2v) is 4.43. The number of nitrogens with two attached hydrogens (primary N) is 1. The highest BCUT2D eigenvalue weighted by molar-refractivity contribution is 5.00. The summed E-state index contributed by atoms with van der Waals surface area (Å²) < 4.78 is 1.94. The van der Waals surface area contributed by atoms with Crippen LogP contribution in [0, 0.1) is 5.92 Å². The molecule has 2 N–H and O–H groups in total. The van der Waals surface area contributed by atoms with Gasteiger partial charge >= 0.3 is 0 Å².